The van der Waals surface area contributed by atoms with E-state index in [-0.39, 0.29) is 16.7 Å². The first-order chi connectivity index (χ1) is 16.5. The van der Waals surface area contributed by atoms with Crippen LogP contribution in [0.25, 0.3) is 22.5 Å². The van der Waals surface area contributed by atoms with Crippen LogP contribution < -0.4 is 5.32 Å². The lowest BCUT2D eigenvalue weighted by Gasteiger charge is -2.11. The average molecular weight is 479 g/mol. The number of aryl methyl sites for hydroxylation is 2. The van der Waals surface area contributed by atoms with Crippen molar-refractivity contribution in [3.8, 4) is 22.5 Å². The number of hydrogen-bond donors (Lipinski definition) is 1. The minimum atomic E-state index is -0.560. The quantitative estimate of drug-likeness (QED) is 0.205. The first-order valence-electron chi connectivity index (χ1n) is 10.8. The lowest BCUT2D eigenvalue weighted by Crippen LogP contribution is -2.09. The van der Waals surface area contributed by atoms with Gasteiger partial charge < -0.3 is 5.32 Å². The van der Waals surface area contributed by atoms with Crippen LogP contribution >= 0.6 is 11.6 Å². The van der Waals surface area contributed by atoms with Crippen LogP contribution in [0.2, 0.25) is 5.15 Å². The Morgan fingerprint density at radius 1 is 1.09 bits per heavy atom. The Morgan fingerprint density at radius 3 is 2.47 bits per heavy atom. The van der Waals surface area contributed by atoms with Crippen molar-refractivity contribution in [2.75, 3.05) is 5.32 Å². The van der Waals surface area contributed by atoms with E-state index >= 15 is 0 Å². The number of nitro groups is 1. The maximum atomic E-state index is 11.5. The molecule has 2 aromatic heterocycles. The second kappa shape index (κ2) is 10.3. The highest BCUT2D eigenvalue weighted by atomic mass is 35.5. The maximum Gasteiger partial charge on any atom is 0.348 e. The fraction of sp³-hybridized carbons (Fsp3) is 0.261. The third-order valence-corrected chi connectivity index (χ3v) is 5.60. The molecule has 0 radical (unpaired) electrons. The monoisotopic (exact) mass is 478 g/mol. The summed E-state index contributed by atoms with van der Waals surface area (Å²) in [5.41, 5.74) is 3.54. The Kier molecular flexibility index (Phi) is 7.07. The average Bonchev–Trinajstić information content (AvgIpc) is 3.27. The van der Waals surface area contributed by atoms with Crippen LogP contribution in [0.1, 0.15) is 31.2 Å². The fourth-order valence-corrected chi connectivity index (χ4v) is 3.83. The van der Waals surface area contributed by atoms with Crippen molar-refractivity contribution in [1.82, 2.24) is 30.2 Å². The van der Waals surface area contributed by atoms with E-state index in [0.717, 1.165) is 35.1 Å². The minimum Gasteiger partial charge on any atom is -0.360 e. The summed E-state index contributed by atoms with van der Waals surface area (Å²) in [4.78, 5) is 19.4. The number of hydrogen-bond acceptors (Lipinski definition) is 8. The Bertz CT molecular complexity index is 1310. The molecule has 1 N–H and O–H groups in total. The highest BCUT2D eigenvalue weighted by molar-refractivity contribution is 6.31. The van der Waals surface area contributed by atoms with E-state index in [9.17, 15) is 10.1 Å². The van der Waals surface area contributed by atoms with Crippen molar-refractivity contribution < 1.29 is 4.92 Å². The lowest BCUT2D eigenvalue weighted by molar-refractivity contribution is -0.384. The number of unbranched alkanes of at least 4 members (excludes halogenated alkanes) is 1. The first-order valence-corrected chi connectivity index (χ1v) is 11.2. The Balaban J connectivity index is 1.56. The largest absolute Gasteiger partial charge is 0.360 e. The molecule has 0 fully saturated rings. The standard InChI is InChI=1S/C23H23ClN8O2/c1-3-4-9-19-26-21(24)20(32(33)34)22(27-19)25-14-15-10-12-16(13-11-15)17-7-5-6-8-18(17)23-28-29-30-31(23)2/h5-8,10-13H,3-4,9,14H2,1-2H3,(H,25,26,27). The van der Waals surface area contributed by atoms with Gasteiger partial charge in [0.25, 0.3) is 0 Å². The molecular weight excluding hydrogens is 456 g/mol. The third kappa shape index (κ3) is 5.01. The highest BCUT2D eigenvalue weighted by Gasteiger charge is 2.23. The van der Waals surface area contributed by atoms with Crippen LogP contribution in [-0.2, 0) is 20.0 Å². The van der Waals surface area contributed by atoms with Gasteiger partial charge in [-0.25, -0.2) is 14.6 Å². The number of nitrogens with zero attached hydrogens (tertiary/aromatic N) is 7. The fourth-order valence-electron chi connectivity index (χ4n) is 3.58. The number of aromatic nitrogens is 6. The van der Waals surface area contributed by atoms with Crippen molar-refractivity contribution in [2.45, 2.75) is 32.7 Å². The molecule has 174 valence electrons. The predicted octanol–water partition coefficient (Wildman–Crippen LogP) is 4.85. The van der Waals surface area contributed by atoms with Gasteiger partial charge in [-0.2, -0.15) is 0 Å². The van der Waals surface area contributed by atoms with Crippen LogP contribution in [0.3, 0.4) is 0 Å². The molecule has 11 heteroatoms. The lowest BCUT2D eigenvalue weighted by atomic mass is 9.98. The summed E-state index contributed by atoms with van der Waals surface area (Å²) in [6.07, 6.45) is 2.45. The predicted molar refractivity (Wildman–Crippen MR) is 129 cm³/mol. The molecule has 0 saturated heterocycles. The topological polar surface area (TPSA) is 125 Å². The SMILES string of the molecule is CCCCc1nc(Cl)c([N+](=O)[O-])c(NCc2ccc(-c3ccccc3-c3nnnn3C)cc2)n1. The molecule has 0 amide bonds. The van der Waals surface area contributed by atoms with Gasteiger partial charge in [0, 0.05) is 25.6 Å². The molecule has 2 heterocycles. The molecular formula is C23H23ClN8O2. The summed E-state index contributed by atoms with van der Waals surface area (Å²) >= 11 is 6.10. The van der Waals surface area contributed by atoms with Gasteiger partial charge in [-0.05, 0) is 33.5 Å². The van der Waals surface area contributed by atoms with Crippen LogP contribution in [0.5, 0.6) is 0 Å². The van der Waals surface area contributed by atoms with E-state index < -0.39 is 4.92 Å². The Hall–Kier alpha value is -3.92. The van der Waals surface area contributed by atoms with Gasteiger partial charge in [-0.1, -0.05) is 73.5 Å². The molecule has 2 aromatic carbocycles. The summed E-state index contributed by atoms with van der Waals surface area (Å²) in [7, 11) is 1.80. The van der Waals surface area contributed by atoms with Gasteiger partial charge in [-0.3, -0.25) is 10.1 Å². The second-order valence-corrected chi connectivity index (χ2v) is 8.07. The number of halogens is 1. The summed E-state index contributed by atoms with van der Waals surface area (Å²) in [5, 5.41) is 26.2. The van der Waals surface area contributed by atoms with E-state index in [2.05, 4.69) is 37.7 Å². The molecule has 4 aromatic rings. The summed E-state index contributed by atoms with van der Waals surface area (Å²) in [5.74, 6) is 1.29. The first kappa shape index (κ1) is 23.2. The van der Waals surface area contributed by atoms with E-state index in [1.807, 2.05) is 48.5 Å². The molecule has 0 unspecified atom stereocenters. The van der Waals surface area contributed by atoms with Crippen molar-refractivity contribution in [2.24, 2.45) is 7.05 Å². The van der Waals surface area contributed by atoms with Crippen LogP contribution in [-0.4, -0.2) is 35.1 Å². The van der Waals surface area contributed by atoms with E-state index in [1.54, 1.807) is 11.7 Å². The molecule has 4 rings (SSSR count). The van der Waals surface area contributed by atoms with E-state index in [0.29, 0.717) is 24.6 Å². The summed E-state index contributed by atoms with van der Waals surface area (Å²) in [6.45, 7) is 2.40. The second-order valence-electron chi connectivity index (χ2n) is 7.71. The molecule has 0 aliphatic heterocycles. The van der Waals surface area contributed by atoms with Gasteiger partial charge in [0.05, 0.1) is 4.92 Å². The Labute approximate surface area is 201 Å². The molecule has 0 saturated carbocycles. The third-order valence-electron chi connectivity index (χ3n) is 5.34. The molecule has 10 nitrogen and oxygen atoms in total. The number of tetrazole rings is 1. The van der Waals surface area contributed by atoms with Gasteiger partial charge >= 0.3 is 5.69 Å². The van der Waals surface area contributed by atoms with Gasteiger partial charge in [0.15, 0.2) is 5.82 Å². The summed E-state index contributed by atoms with van der Waals surface area (Å²) in [6, 6.07) is 15.8. The zero-order chi connectivity index (χ0) is 24.1. The number of anilines is 1. The molecule has 0 atom stereocenters. The van der Waals surface area contributed by atoms with E-state index in [4.69, 9.17) is 11.6 Å². The number of rotatable bonds is 9. The van der Waals surface area contributed by atoms with Crippen molar-refractivity contribution in [1.29, 1.82) is 0 Å². The van der Waals surface area contributed by atoms with Crippen LogP contribution in [0.15, 0.2) is 48.5 Å². The Morgan fingerprint density at radius 2 is 1.82 bits per heavy atom. The smallest absolute Gasteiger partial charge is 0.348 e. The highest BCUT2D eigenvalue weighted by Crippen LogP contribution is 2.32. The van der Waals surface area contributed by atoms with Gasteiger partial charge in [-0.15, -0.1) is 5.10 Å². The molecule has 0 aliphatic rings. The molecule has 0 bridgehead atoms. The van der Waals surface area contributed by atoms with Crippen molar-refractivity contribution in [3.05, 3.63) is 75.2 Å². The van der Waals surface area contributed by atoms with Gasteiger partial charge in [0.2, 0.25) is 11.0 Å². The summed E-state index contributed by atoms with van der Waals surface area (Å²) < 4.78 is 1.63. The minimum absolute atomic E-state index is 0.125. The number of benzene rings is 2. The molecule has 0 spiro atoms. The van der Waals surface area contributed by atoms with Crippen LogP contribution in [0.4, 0.5) is 11.5 Å². The number of nitrogens with one attached hydrogen (secondary N) is 1. The van der Waals surface area contributed by atoms with E-state index in [1.165, 1.54) is 0 Å². The maximum absolute atomic E-state index is 11.5. The zero-order valence-electron chi connectivity index (χ0n) is 18.8. The van der Waals surface area contributed by atoms with Gasteiger partial charge in [0.1, 0.15) is 5.82 Å². The normalized spacial score (nSPS) is 10.9. The van der Waals surface area contributed by atoms with Crippen molar-refractivity contribution >= 4 is 23.1 Å². The van der Waals surface area contributed by atoms with Crippen LogP contribution in [0, 0.1) is 10.1 Å². The zero-order valence-corrected chi connectivity index (χ0v) is 19.5. The molecule has 34 heavy (non-hydrogen) atoms. The van der Waals surface area contributed by atoms with Crippen molar-refractivity contribution in [3.63, 3.8) is 0 Å². The molecule has 0 aliphatic carbocycles.